The van der Waals surface area contributed by atoms with Gasteiger partial charge in [0, 0.05) is 6.54 Å². The molecule has 1 aromatic rings. The maximum atomic E-state index is 11.1. The number of rotatable bonds is 2. The Morgan fingerprint density at radius 2 is 1.72 bits per heavy atom. The highest BCUT2D eigenvalue weighted by Crippen LogP contribution is 2.12. The number of benzene rings is 1. The van der Waals surface area contributed by atoms with E-state index in [2.05, 4.69) is 44.3 Å². The van der Waals surface area contributed by atoms with E-state index >= 15 is 0 Å². The Morgan fingerprint density at radius 1 is 1.12 bits per heavy atom. The molecule has 1 atom stereocenters. The van der Waals surface area contributed by atoms with Gasteiger partial charge in [0.15, 0.2) is 0 Å². The van der Waals surface area contributed by atoms with Gasteiger partial charge in [0.2, 0.25) is 5.91 Å². The van der Waals surface area contributed by atoms with Crippen LogP contribution in [0.4, 0.5) is 0 Å². The summed E-state index contributed by atoms with van der Waals surface area (Å²) in [5, 5.41) is 2.63. The third kappa shape index (κ3) is 10.6. The summed E-state index contributed by atoms with van der Waals surface area (Å²) in [6.45, 7) is 17.1. The van der Waals surface area contributed by atoms with Crippen LogP contribution >= 0.6 is 0 Å². The topological polar surface area (TPSA) is 55.4 Å². The fraction of sp³-hybridized carbons (Fsp3) is 0.619. The minimum absolute atomic E-state index is 0.195. The van der Waals surface area contributed by atoms with E-state index in [1.54, 1.807) is 6.92 Å². The summed E-state index contributed by atoms with van der Waals surface area (Å²) in [4.78, 5) is 22.2. The van der Waals surface area contributed by atoms with Crippen molar-refractivity contribution >= 4 is 11.9 Å². The van der Waals surface area contributed by atoms with E-state index < -0.39 is 11.9 Å². The van der Waals surface area contributed by atoms with Gasteiger partial charge < -0.3 is 10.1 Å². The van der Waals surface area contributed by atoms with E-state index in [0.717, 1.165) is 6.42 Å². The van der Waals surface area contributed by atoms with Gasteiger partial charge in [0.1, 0.15) is 5.92 Å². The summed E-state index contributed by atoms with van der Waals surface area (Å²) >= 11 is 0. The number of amides is 1. The van der Waals surface area contributed by atoms with Crippen molar-refractivity contribution < 1.29 is 14.3 Å². The molecule has 144 valence electrons. The number of aryl methyl sites for hydroxylation is 3. The number of nitrogens with one attached hydrogen (secondary N) is 1. The fourth-order valence-electron chi connectivity index (χ4n) is 2.13. The zero-order valence-electron chi connectivity index (χ0n) is 17.4. The van der Waals surface area contributed by atoms with Crippen LogP contribution in [-0.4, -0.2) is 25.0 Å². The van der Waals surface area contributed by atoms with Crippen molar-refractivity contribution in [2.75, 3.05) is 13.2 Å². The van der Waals surface area contributed by atoms with Gasteiger partial charge in [-0.05, 0) is 51.7 Å². The summed E-state index contributed by atoms with van der Waals surface area (Å²) in [5.41, 5.74) is 4.11. The van der Waals surface area contributed by atoms with Crippen LogP contribution in [0.3, 0.4) is 0 Å². The molecule has 1 heterocycles. The molecule has 1 fully saturated rings. The molecule has 1 aliphatic rings. The molecule has 25 heavy (non-hydrogen) atoms. The van der Waals surface area contributed by atoms with E-state index in [1.165, 1.54) is 16.7 Å². The van der Waals surface area contributed by atoms with Crippen LogP contribution in [0, 0.1) is 26.7 Å². The fourth-order valence-corrected chi connectivity index (χ4v) is 2.13. The molecule has 0 aliphatic carbocycles. The number of hydrogen-bond donors (Lipinski definition) is 1. The summed E-state index contributed by atoms with van der Waals surface area (Å²) in [5.74, 6) is -1.16. The highest BCUT2D eigenvalue weighted by Gasteiger charge is 2.29. The zero-order chi connectivity index (χ0) is 19.8. The molecule has 1 saturated heterocycles. The first-order chi connectivity index (χ1) is 12.0. The second-order valence-corrected chi connectivity index (χ2v) is 5.33. The third-order valence-electron chi connectivity index (χ3n) is 3.52. The largest absolute Gasteiger partial charge is 0.465 e. The molecule has 1 unspecified atom stereocenters. The van der Waals surface area contributed by atoms with Gasteiger partial charge in [-0.25, -0.2) is 0 Å². The number of esters is 1. The van der Waals surface area contributed by atoms with Crippen molar-refractivity contribution in [1.29, 1.82) is 0 Å². The molecule has 1 aromatic carbocycles. The van der Waals surface area contributed by atoms with Crippen LogP contribution < -0.4 is 5.32 Å². The highest BCUT2D eigenvalue weighted by atomic mass is 16.5. The first-order valence-corrected chi connectivity index (χ1v) is 9.44. The van der Waals surface area contributed by atoms with E-state index in [1.807, 2.05) is 27.7 Å². The number of ether oxygens (including phenoxy) is 1. The van der Waals surface area contributed by atoms with E-state index in [9.17, 15) is 9.59 Å². The van der Waals surface area contributed by atoms with Crippen molar-refractivity contribution in [3.8, 4) is 0 Å². The van der Waals surface area contributed by atoms with Gasteiger partial charge >= 0.3 is 5.97 Å². The van der Waals surface area contributed by atoms with E-state index in [4.69, 9.17) is 4.74 Å². The van der Waals surface area contributed by atoms with Crippen LogP contribution in [-0.2, 0) is 14.3 Å². The van der Waals surface area contributed by atoms with Crippen LogP contribution in [0.1, 0.15) is 64.2 Å². The maximum absolute atomic E-state index is 11.1. The molecule has 4 heteroatoms. The van der Waals surface area contributed by atoms with Gasteiger partial charge in [0.25, 0.3) is 0 Å². The predicted molar refractivity (Wildman–Crippen MR) is 106 cm³/mol. The number of hydrogen-bond acceptors (Lipinski definition) is 3. The molecular weight excluding hydrogens is 314 g/mol. The average Bonchev–Trinajstić information content (AvgIpc) is 2.63. The molecule has 4 nitrogen and oxygen atoms in total. The van der Waals surface area contributed by atoms with Gasteiger partial charge in [-0.3, -0.25) is 9.59 Å². The van der Waals surface area contributed by atoms with E-state index in [0.29, 0.717) is 19.6 Å². The average molecular weight is 352 g/mol. The molecule has 1 N–H and O–H groups in total. The van der Waals surface area contributed by atoms with Gasteiger partial charge in [0.05, 0.1) is 6.61 Å². The van der Waals surface area contributed by atoms with Crippen molar-refractivity contribution in [2.45, 2.75) is 68.2 Å². The molecule has 0 radical (unpaired) electrons. The lowest BCUT2D eigenvalue weighted by molar-refractivity contribution is -0.153. The standard InChI is InChI=1S/C9H12.C8H13NO3.2C2H6/c1-7-4-5-8(2)9(3)6-7;1-2-12-8(11)6-4-3-5-9-7(6)10;2*1-2/h4-6H,1-3H3;6H,2-5H2,1H3,(H,9,10);2*1-2H3. The van der Waals surface area contributed by atoms with Crippen LogP contribution in [0.25, 0.3) is 0 Å². The van der Waals surface area contributed by atoms with Crippen LogP contribution in [0.2, 0.25) is 0 Å². The Labute approximate surface area is 154 Å². The van der Waals surface area contributed by atoms with Crippen molar-refractivity contribution in [3.63, 3.8) is 0 Å². The summed E-state index contributed by atoms with van der Waals surface area (Å²) in [7, 11) is 0. The lowest BCUT2D eigenvalue weighted by Crippen LogP contribution is -2.41. The molecule has 0 aromatic heterocycles. The smallest absolute Gasteiger partial charge is 0.318 e. The maximum Gasteiger partial charge on any atom is 0.318 e. The Bertz CT molecular complexity index is 498. The van der Waals surface area contributed by atoms with Crippen LogP contribution in [0.15, 0.2) is 18.2 Å². The first-order valence-electron chi connectivity index (χ1n) is 9.44. The second-order valence-electron chi connectivity index (χ2n) is 5.33. The SMILES string of the molecule is CC.CC.CCOC(=O)C1CCCNC1=O.Cc1ccc(C)c(C)c1. The molecule has 0 saturated carbocycles. The van der Waals surface area contributed by atoms with Gasteiger partial charge in [-0.15, -0.1) is 0 Å². The normalized spacial score (nSPS) is 15.0. The zero-order valence-corrected chi connectivity index (χ0v) is 17.4. The summed E-state index contributed by atoms with van der Waals surface area (Å²) in [6.07, 6.45) is 1.47. The Hall–Kier alpha value is -1.84. The van der Waals surface area contributed by atoms with Gasteiger partial charge in [-0.2, -0.15) is 0 Å². The molecule has 1 amide bonds. The lowest BCUT2D eigenvalue weighted by Gasteiger charge is -2.19. The number of carbonyl (C=O) groups is 2. The van der Waals surface area contributed by atoms with Crippen molar-refractivity contribution in [2.24, 2.45) is 5.92 Å². The van der Waals surface area contributed by atoms with Crippen molar-refractivity contribution in [3.05, 3.63) is 34.9 Å². The monoisotopic (exact) mass is 351 g/mol. The number of piperidine rings is 1. The summed E-state index contributed by atoms with van der Waals surface area (Å²) in [6, 6.07) is 6.50. The minimum Gasteiger partial charge on any atom is -0.465 e. The van der Waals surface area contributed by atoms with Gasteiger partial charge in [-0.1, -0.05) is 51.5 Å². The Balaban J connectivity index is 0. The first kappa shape index (κ1) is 25.4. The Morgan fingerprint density at radius 3 is 2.16 bits per heavy atom. The van der Waals surface area contributed by atoms with E-state index in [-0.39, 0.29) is 5.91 Å². The molecule has 1 aliphatic heterocycles. The molecule has 2 rings (SSSR count). The summed E-state index contributed by atoms with van der Waals surface area (Å²) < 4.78 is 4.75. The molecular formula is C21H37NO3. The highest BCUT2D eigenvalue weighted by molar-refractivity contribution is 5.98. The quantitative estimate of drug-likeness (QED) is 0.618. The van der Waals surface area contributed by atoms with Crippen molar-refractivity contribution in [1.82, 2.24) is 5.32 Å². The van der Waals surface area contributed by atoms with Crippen LogP contribution in [0.5, 0.6) is 0 Å². The Kier molecular flexibility index (Phi) is 15.9. The third-order valence-corrected chi connectivity index (χ3v) is 3.52. The molecule has 0 bridgehead atoms. The second kappa shape index (κ2) is 15.7. The molecule has 0 spiro atoms. The minimum atomic E-state index is -0.571. The lowest BCUT2D eigenvalue weighted by atomic mass is 9.99. The predicted octanol–water partition coefficient (Wildman–Crippen LogP) is 4.74. The number of carbonyl (C=O) groups excluding carboxylic acids is 2.